The van der Waals surface area contributed by atoms with E-state index in [1.165, 1.54) is 18.4 Å². The summed E-state index contributed by atoms with van der Waals surface area (Å²) in [7, 11) is 1.53. The Labute approximate surface area is 136 Å². The van der Waals surface area contributed by atoms with Gasteiger partial charge in [-0.3, -0.25) is 9.48 Å². The van der Waals surface area contributed by atoms with Crippen molar-refractivity contribution < 1.29 is 17.9 Å². The molecule has 0 spiro atoms. The van der Waals surface area contributed by atoms with Gasteiger partial charge >= 0.3 is 0 Å². The summed E-state index contributed by atoms with van der Waals surface area (Å²) >= 11 is 0. The van der Waals surface area contributed by atoms with Crippen LogP contribution in [0, 0.1) is 5.92 Å². The molecule has 1 N–H and O–H groups in total. The van der Waals surface area contributed by atoms with E-state index in [-0.39, 0.29) is 23.6 Å². The molecule has 0 radical (unpaired) electrons. The molecule has 2 atom stereocenters. The number of ether oxygens (including phenoxy) is 1. The van der Waals surface area contributed by atoms with Gasteiger partial charge in [-0.2, -0.15) is 5.10 Å². The highest BCUT2D eigenvalue weighted by molar-refractivity contribution is 7.89. The topological polar surface area (TPSA) is 93.5 Å². The van der Waals surface area contributed by atoms with Crippen molar-refractivity contribution in [2.24, 2.45) is 13.0 Å². The zero-order valence-electron chi connectivity index (χ0n) is 13.7. The zero-order valence-corrected chi connectivity index (χ0v) is 14.5. The maximum atomic E-state index is 12.1. The number of nitrogens with zero attached hydrogens (tertiary/aromatic N) is 3. The predicted octanol–water partition coefficient (Wildman–Crippen LogP) is -0.625. The summed E-state index contributed by atoms with van der Waals surface area (Å²) in [6.45, 7) is 0.699. The molecule has 0 saturated carbocycles. The average Bonchev–Trinajstić information content (AvgIpc) is 3.06. The lowest BCUT2D eigenvalue weighted by atomic mass is 10.1. The maximum absolute atomic E-state index is 12.1. The second-order valence-electron chi connectivity index (χ2n) is 5.98. The van der Waals surface area contributed by atoms with Crippen molar-refractivity contribution in [3.63, 3.8) is 0 Å². The number of hydrogen-bond donors (Lipinski definition) is 1. The van der Waals surface area contributed by atoms with Crippen LogP contribution in [-0.2, 0) is 33.0 Å². The third-order valence-electron chi connectivity index (χ3n) is 4.06. The van der Waals surface area contributed by atoms with Gasteiger partial charge in [0.25, 0.3) is 0 Å². The molecule has 130 valence electrons. The van der Waals surface area contributed by atoms with Crippen molar-refractivity contribution in [1.82, 2.24) is 19.4 Å². The Balaban J connectivity index is 1.86. The molecule has 1 aromatic rings. The first-order chi connectivity index (χ1) is 10.8. The summed E-state index contributed by atoms with van der Waals surface area (Å²) < 4.78 is 32.3. The van der Waals surface area contributed by atoms with Crippen molar-refractivity contribution in [2.45, 2.75) is 18.9 Å². The molecule has 2 rings (SSSR count). The smallest absolute Gasteiger partial charge is 0.220 e. The fraction of sp³-hybridized carbons (Fsp3) is 0.714. The van der Waals surface area contributed by atoms with E-state index in [0.717, 1.165) is 5.69 Å². The van der Waals surface area contributed by atoms with Crippen LogP contribution in [-0.4, -0.2) is 67.5 Å². The molecular formula is C14H24N4O4S. The van der Waals surface area contributed by atoms with Crippen molar-refractivity contribution in [3.8, 4) is 0 Å². The molecule has 1 amide bonds. The van der Waals surface area contributed by atoms with Gasteiger partial charge in [0.15, 0.2) is 0 Å². The van der Waals surface area contributed by atoms with Crippen LogP contribution in [0.5, 0.6) is 0 Å². The first-order valence-electron chi connectivity index (χ1n) is 7.54. The van der Waals surface area contributed by atoms with Gasteiger partial charge in [-0.1, -0.05) is 0 Å². The van der Waals surface area contributed by atoms with Crippen LogP contribution in [0.25, 0.3) is 0 Å². The van der Waals surface area contributed by atoms with Crippen LogP contribution in [0.15, 0.2) is 12.3 Å². The van der Waals surface area contributed by atoms with Gasteiger partial charge in [0, 0.05) is 45.4 Å². The zero-order chi connectivity index (χ0) is 17.0. The number of rotatable bonds is 7. The van der Waals surface area contributed by atoms with Gasteiger partial charge in [-0.25, -0.2) is 12.7 Å². The third kappa shape index (κ3) is 4.76. The van der Waals surface area contributed by atoms with Crippen molar-refractivity contribution >= 4 is 15.9 Å². The number of hydrogen-bond acceptors (Lipinski definition) is 5. The molecule has 9 heteroatoms. The van der Waals surface area contributed by atoms with Crippen LogP contribution in [0.4, 0.5) is 0 Å². The SMILES string of the molecule is CN(C)S(=O)(=O)C[C@@H]1COC[C@H]1NC(=O)CCc1ccnn1C. The number of aromatic nitrogens is 2. The molecule has 23 heavy (non-hydrogen) atoms. The highest BCUT2D eigenvalue weighted by Gasteiger charge is 2.34. The van der Waals surface area contributed by atoms with Crippen molar-refractivity contribution in [3.05, 3.63) is 18.0 Å². The molecule has 1 saturated heterocycles. The molecule has 0 aromatic carbocycles. The van der Waals surface area contributed by atoms with E-state index in [2.05, 4.69) is 10.4 Å². The quantitative estimate of drug-likeness (QED) is 0.711. The van der Waals surface area contributed by atoms with E-state index in [1.807, 2.05) is 13.1 Å². The minimum Gasteiger partial charge on any atom is -0.379 e. The third-order valence-corrected chi connectivity index (χ3v) is 6.02. The van der Waals surface area contributed by atoms with Crippen LogP contribution in [0.3, 0.4) is 0 Å². The Bertz CT molecular complexity index is 641. The number of aryl methyl sites for hydroxylation is 2. The summed E-state index contributed by atoms with van der Waals surface area (Å²) in [5.74, 6) is -0.343. The van der Waals surface area contributed by atoms with E-state index in [4.69, 9.17) is 4.74 Å². The van der Waals surface area contributed by atoms with Crippen LogP contribution >= 0.6 is 0 Å². The van der Waals surface area contributed by atoms with E-state index >= 15 is 0 Å². The van der Waals surface area contributed by atoms with Gasteiger partial charge in [-0.05, 0) is 12.5 Å². The normalized spacial score (nSPS) is 21.7. The summed E-state index contributed by atoms with van der Waals surface area (Å²) in [6.07, 6.45) is 2.62. The molecule has 0 bridgehead atoms. The Morgan fingerprint density at radius 3 is 2.83 bits per heavy atom. The molecule has 1 aliphatic rings. The largest absolute Gasteiger partial charge is 0.379 e. The Morgan fingerprint density at radius 1 is 1.48 bits per heavy atom. The first-order valence-corrected chi connectivity index (χ1v) is 9.14. The molecule has 1 aromatic heterocycles. The maximum Gasteiger partial charge on any atom is 0.220 e. The van der Waals surface area contributed by atoms with Crippen LogP contribution in [0.1, 0.15) is 12.1 Å². The second-order valence-corrected chi connectivity index (χ2v) is 8.21. The monoisotopic (exact) mass is 344 g/mol. The average molecular weight is 344 g/mol. The predicted molar refractivity (Wildman–Crippen MR) is 85.2 cm³/mol. The molecule has 0 unspecified atom stereocenters. The van der Waals surface area contributed by atoms with Crippen molar-refractivity contribution in [2.75, 3.05) is 33.1 Å². The standard InChI is InChI=1S/C14H24N4O4S/c1-17(2)23(20,21)10-11-8-22-9-13(11)16-14(19)5-4-12-6-7-15-18(12)3/h6-7,11,13H,4-5,8-10H2,1-3H3,(H,16,19)/t11-,13+/m0/s1. The first kappa shape index (κ1) is 17.9. The molecule has 8 nitrogen and oxygen atoms in total. The summed E-state index contributed by atoms with van der Waals surface area (Å²) in [5, 5.41) is 6.96. The van der Waals surface area contributed by atoms with Crippen LogP contribution in [0.2, 0.25) is 0 Å². The summed E-state index contributed by atoms with van der Waals surface area (Å²) in [5.41, 5.74) is 0.981. The summed E-state index contributed by atoms with van der Waals surface area (Å²) in [6, 6.07) is 1.61. The van der Waals surface area contributed by atoms with Gasteiger partial charge in [0.05, 0.1) is 25.0 Å². The number of sulfonamides is 1. The van der Waals surface area contributed by atoms with Gasteiger partial charge < -0.3 is 10.1 Å². The van der Waals surface area contributed by atoms with E-state index in [0.29, 0.717) is 26.1 Å². The molecule has 1 fully saturated rings. The van der Waals surface area contributed by atoms with Gasteiger partial charge in [0.1, 0.15) is 0 Å². The molecule has 2 heterocycles. The molecule has 1 aliphatic heterocycles. The number of amides is 1. The minimum absolute atomic E-state index is 0.0212. The lowest BCUT2D eigenvalue weighted by Gasteiger charge is -2.21. The van der Waals surface area contributed by atoms with Crippen LogP contribution < -0.4 is 5.32 Å². The fourth-order valence-electron chi connectivity index (χ4n) is 2.51. The Kier molecular flexibility index (Phi) is 5.77. The second kappa shape index (κ2) is 7.41. The van der Waals surface area contributed by atoms with Crippen molar-refractivity contribution in [1.29, 1.82) is 0 Å². The van der Waals surface area contributed by atoms with E-state index in [9.17, 15) is 13.2 Å². The van der Waals surface area contributed by atoms with E-state index < -0.39 is 10.0 Å². The van der Waals surface area contributed by atoms with Gasteiger partial charge in [-0.15, -0.1) is 0 Å². The lowest BCUT2D eigenvalue weighted by molar-refractivity contribution is -0.122. The fourth-order valence-corrected chi connectivity index (χ4v) is 3.68. The summed E-state index contributed by atoms with van der Waals surface area (Å²) in [4.78, 5) is 12.1. The highest BCUT2D eigenvalue weighted by atomic mass is 32.2. The number of carbonyl (C=O) groups is 1. The number of nitrogens with one attached hydrogen (secondary N) is 1. The molecular weight excluding hydrogens is 320 g/mol. The van der Waals surface area contributed by atoms with E-state index in [1.54, 1.807) is 10.9 Å². The van der Waals surface area contributed by atoms with Gasteiger partial charge in [0.2, 0.25) is 15.9 Å². The minimum atomic E-state index is -3.31. The Morgan fingerprint density at radius 2 is 2.22 bits per heavy atom. The Hall–Kier alpha value is -1.45. The number of carbonyl (C=O) groups excluding carboxylic acids is 1. The highest BCUT2D eigenvalue weighted by Crippen LogP contribution is 2.17. The lowest BCUT2D eigenvalue weighted by Crippen LogP contribution is -2.43. The molecule has 0 aliphatic carbocycles.